The van der Waals surface area contributed by atoms with Gasteiger partial charge < -0.3 is 5.73 Å². The monoisotopic (exact) mass is 246 g/mol. The molecule has 2 rings (SSSR count). The third kappa shape index (κ3) is 2.54. The lowest BCUT2D eigenvalue weighted by Gasteiger charge is -2.07. The third-order valence-corrected chi connectivity index (χ3v) is 3.24. The number of nitrogens with two attached hydrogens (primary N) is 1. The molecule has 0 aromatic heterocycles. The topological polar surface area (TPSA) is 60.2 Å². The molecule has 2 aromatic rings. The van der Waals surface area contributed by atoms with E-state index in [-0.39, 0.29) is 0 Å². The molecular weight excluding hydrogens is 234 g/mol. The van der Waals surface area contributed by atoms with E-state index in [0.29, 0.717) is 11.4 Å². The van der Waals surface area contributed by atoms with Gasteiger partial charge in [-0.15, -0.1) is 0 Å². The minimum Gasteiger partial charge on any atom is -0.326 e. The van der Waals surface area contributed by atoms with Gasteiger partial charge in [-0.1, -0.05) is 24.3 Å². The zero-order chi connectivity index (χ0) is 12.3. The Morgan fingerprint density at radius 3 is 2.76 bits per heavy atom. The average Bonchev–Trinajstić information content (AvgIpc) is 2.39. The fraction of sp³-hybridized carbons (Fsp3) is 0.0769. The minimum absolute atomic E-state index is 0.313. The second kappa shape index (κ2) is 5.12. The Balaban J connectivity index is 2.56. The van der Waals surface area contributed by atoms with Gasteiger partial charge in [-0.05, 0) is 41.0 Å². The van der Waals surface area contributed by atoms with Crippen molar-refractivity contribution in [2.24, 2.45) is 5.73 Å². The van der Waals surface area contributed by atoms with Gasteiger partial charge in [0, 0.05) is 6.54 Å². The molecule has 0 aliphatic rings. The Labute approximate surface area is 102 Å². The highest BCUT2D eigenvalue weighted by molar-refractivity contribution is 7.72. The highest BCUT2D eigenvalue weighted by Crippen LogP contribution is 2.24. The highest BCUT2D eigenvalue weighted by Gasteiger charge is 2.04. The van der Waals surface area contributed by atoms with Crippen LogP contribution in [0.5, 0.6) is 0 Å². The third-order valence-electron chi connectivity index (χ3n) is 2.54. The Kier molecular flexibility index (Phi) is 3.56. The normalized spacial score (nSPS) is 10.7. The van der Waals surface area contributed by atoms with Crippen LogP contribution in [-0.4, -0.2) is 8.42 Å². The van der Waals surface area contributed by atoms with Crippen molar-refractivity contribution in [3.63, 3.8) is 0 Å². The van der Waals surface area contributed by atoms with Crippen molar-refractivity contribution in [1.29, 1.82) is 0 Å². The van der Waals surface area contributed by atoms with Gasteiger partial charge >= 0.3 is 0 Å². The van der Waals surface area contributed by atoms with E-state index in [1.165, 1.54) is 0 Å². The fourth-order valence-corrected chi connectivity index (χ4v) is 2.15. The first-order valence-electron chi connectivity index (χ1n) is 5.16. The average molecular weight is 246 g/mol. The minimum atomic E-state index is -2.56. The molecule has 0 aliphatic carbocycles. The molecule has 0 amide bonds. The first-order chi connectivity index (χ1) is 8.22. The SMILES string of the molecule is NCc1c[c]ccc1-c1cccc([SH](=O)=O)c1. The quantitative estimate of drug-likeness (QED) is 0.808. The van der Waals surface area contributed by atoms with Crippen LogP contribution in [0, 0.1) is 6.07 Å². The second-order valence-electron chi connectivity index (χ2n) is 3.59. The molecule has 0 aliphatic heterocycles. The van der Waals surface area contributed by atoms with Crippen LogP contribution in [0.2, 0.25) is 0 Å². The van der Waals surface area contributed by atoms with Crippen molar-refractivity contribution in [1.82, 2.24) is 0 Å². The first kappa shape index (κ1) is 11.8. The van der Waals surface area contributed by atoms with Gasteiger partial charge in [0.2, 0.25) is 0 Å². The van der Waals surface area contributed by atoms with E-state index in [1.807, 2.05) is 18.2 Å². The summed E-state index contributed by atoms with van der Waals surface area (Å²) >= 11 is 0. The Bertz CT molecular complexity index is 598. The number of hydrogen-bond donors (Lipinski definition) is 2. The largest absolute Gasteiger partial charge is 0.326 e. The van der Waals surface area contributed by atoms with E-state index < -0.39 is 10.7 Å². The summed E-state index contributed by atoms with van der Waals surface area (Å²) < 4.78 is 21.9. The molecule has 0 atom stereocenters. The van der Waals surface area contributed by atoms with Gasteiger partial charge in [-0.25, -0.2) is 8.42 Å². The maximum atomic E-state index is 10.9. The van der Waals surface area contributed by atoms with Gasteiger partial charge in [0.15, 0.2) is 10.7 Å². The lowest BCUT2D eigenvalue weighted by Crippen LogP contribution is -1.98. The molecule has 3 nitrogen and oxygen atoms in total. The summed E-state index contributed by atoms with van der Waals surface area (Å²) in [7, 11) is -2.56. The summed E-state index contributed by atoms with van der Waals surface area (Å²) in [5, 5.41) is 0. The van der Waals surface area contributed by atoms with Crippen molar-refractivity contribution in [2.75, 3.05) is 0 Å². The molecule has 0 saturated heterocycles. The van der Waals surface area contributed by atoms with Crippen molar-refractivity contribution < 1.29 is 8.42 Å². The molecule has 2 aromatic carbocycles. The zero-order valence-corrected chi connectivity index (χ0v) is 9.98. The van der Waals surface area contributed by atoms with E-state index in [0.717, 1.165) is 16.7 Å². The van der Waals surface area contributed by atoms with Crippen LogP contribution < -0.4 is 5.73 Å². The molecule has 1 radical (unpaired) electrons. The molecule has 0 saturated carbocycles. The van der Waals surface area contributed by atoms with Crippen molar-refractivity contribution in [3.8, 4) is 11.1 Å². The molecule has 87 valence electrons. The molecule has 17 heavy (non-hydrogen) atoms. The molecule has 0 heterocycles. The predicted molar refractivity (Wildman–Crippen MR) is 67.2 cm³/mol. The molecule has 0 bridgehead atoms. The van der Waals surface area contributed by atoms with E-state index in [1.54, 1.807) is 24.3 Å². The van der Waals surface area contributed by atoms with Gasteiger partial charge in [0.25, 0.3) is 0 Å². The van der Waals surface area contributed by atoms with Crippen LogP contribution in [0.3, 0.4) is 0 Å². The Morgan fingerprint density at radius 2 is 2.06 bits per heavy atom. The predicted octanol–water partition coefficient (Wildman–Crippen LogP) is 1.58. The van der Waals surface area contributed by atoms with Crippen molar-refractivity contribution >= 4 is 10.7 Å². The van der Waals surface area contributed by atoms with Crippen molar-refractivity contribution in [3.05, 3.63) is 54.1 Å². The number of hydrogen-bond acceptors (Lipinski definition) is 3. The molecule has 2 N–H and O–H groups in total. The van der Waals surface area contributed by atoms with E-state index in [4.69, 9.17) is 5.73 Å². The van der Waals surface area contributed by atoms with E-state index >= 15 is 0 Å². The van der Waals surface area contributed by atoms with Crippen LogP contribution in [0.4, 0.5) is 0 Å². The summed E-state index contributed by atoms with van der Waals surface area (Å²) in [6.45, 7) is 0.403. The molecule has 4 heteroatoms. The maximum absolute atomic E-state index is 10.9. The zero-order valence-electron chi connectivity index (χ0n) is 9.09. The Morgan fingerprint density at radius 1 is 1.24 bits per heavy atom. The molecule has 0 spiro atoms. The summed E-state index contributed by atoms with van der Waals surface area (Å²) in [5.74, 6) is 0. The number of rotatable bonds is 3. The van der Waals surface area contributed by atoms with Crippen molar-refractivity contribution in [2.45, 2.75) is 11.4 Å². The lowest BCUT2D eigenvalue weighted by molar-refractivity contribution is 0.614. The van der Waals surface area contributed by atoms with E-state index in [2.05, 4.69) is 6.07 Å². The molecule has 0 fully saturated rings. The van der Waals surface area contributed by atoms with Gasteiger partial charge in [-0.3, -0.25) is 0 Å². The van der Waals surface area contributed by atoms with Gasteiger partial charge in [0.05, 0.1) is 4.90 Å². The standard InChI is InChI=1S/C13H12NO2S/c14-9-11-4-1-2-7-13(11)10-5-3-6-12(8-10)17(15)16/h2-8,17H,9,14H2. The summed E-state index contributed by atoms with van der Waals surface area (Å²) in [4.78, 5) is 0.313. The summed E-state index contributed by atoms with van der Waals surface area (Å²) in [5.41, 5.74) is 8.40. The van der Waals surface area contributed by atoms with Crippen LogP contribution in [0.25, 0.3) is 11.1 Å². The van der Waals surface area contributed by atoms with E-state index in [9.17, 15) is 8.42 Å². The summed E-state index contributed by atoms with van der Waals surface area (Å²) in [6, 6.07) is 15.3. The van der Waals surface area contributed by atoms with Crippen LogP contribution in [0.15, 0.2) is 47.4 Å². The molecule has 0 unspecified atom stereocenters. The van der Waals surface area contributed by atoms with Gasteiger partial charge in [-0.2, -0.15) is 0 Å². The number of benzene rings is 2. The summed E-state index contributed by atoms with van der Waals surface area (Å²) in [6.07, 6.45) is 0. The second-order valence-corrected chi connectivity index (χ2v) is 4.63. The fourth-order valence-electron chi connectivity index (χ4n) is 1.70. The van der Waals surface area contributed by atoms with Gasteiger partial charge in [0.1, 0.15) is 0 Å². The molecular formula is C13H12NO2S. The number of thiol groups is 1. The smallest absolute Gasteiger partial charge is 0.168 e. The Hall–Kier alpha value is -1.65. The lowest BCUT2D eigenvalue weighted by atomic mass is 10.00. The van der Waals surface area contributed by atoms with Crippen LogP contribution >= 0.6 is 0 Å². The highest BCUT2D eigenvalue weighted by atomic mass is 32.2. The van der Waals surface area contributed by atoms with Crippen LogP contribution in [-0.2, 0) is 17.2 Å². The maximum Gasteiger partial charge on any atom is 0.168 e. The first-order valence-corrected chi connectivity index (χ1v) is 6.34. The van der Waals surface area contributed by atoms with Crippen LogP contribution in [0.1, 0.15) is 5.56 Å².